The standard InChI is InChI=1S/C20H24N6O2S/c21-12-15-5-7-16(8-6-15)22-18(27)14-29-20-24-23-19(25-9-1-2-10-25)26(20)13-17-4-3-11-28-17/h5-8,17H,1-4,9-11,13-14H2,(H,22,27). The lowest BCUT2D eigenvalue weighted by molar-refractivity contribution is -0.113. The summed E-state index contributed by atoms with van der Waals surface area (Å²) >= 11 is 1.39. The lowest BCUT2D eigenvalue weighted by Crippen LogP contribution is -2.25. The van der Waals surface area contributed by atoms with Gasteiger partial charge in [-0.1, -0.05) is 11.8 Å². The summed E-state index contributed by atoms with van der Waals surface area (Å²) in [6.45, 7) is 3.51. The van der Waals surface area contributed by atoms with Crippen LogP contribution in [0.1, 0.15) is 31.2 Å². The Morgan fingerprint density at radius 1 is 1.24 bits per heavy atom. The lowest BCUT2D eigenvalue weighted by atomic mass is 10.2. The van der Waals surface area contributed by atoms with Crippen LogP contribution < -0.4 is 10.2 Å². The van der Waals surface area contributed by atoms with Crippen LogP contribution in [0.3, 0.4) is 0 Å². The van der Waals surface area contributed by atoms with E-state index in [1.54, 1.807) is 24.3 Å². The molecule has 0 spiro atoms. The monoisotopic (exact) mass is 412 g/mol. The summed E-state index contributed by atoms with van der Waals surface area (Å²) in [6.07, 6.45) is 4.64. The van der Waals surface area contributed by atoms with Crippen molar-refractivity contribution in [2.45, 2.75) is 43.5 Å². The number of nitriles is 1. The fraction of sp³-hybridized carbons (Fsp3) is 0.500. The molecule has 2 aliphatic heterocycles. The third-order valence-corrected chi connectivity index (χ3v) is 6.09. The minimum absolute atomic E-state index is 0.117. The molecule has 152 valence electrons. The highest BCUT2D eigenvalue weighted by Crippen LogP contribution is 2.27. The van der Waals surface area contributed by atoms with E-state index >= 15 is 0 Å². The number of anilines is 2. The Hall–Kier alpha value is -2.57. The quantitative estimate of drug-likeness (QED) is 0.699. The molecule has 2 fully saturated rings. The number of hydrogen-bond donors (Lipinski definition) is 1. The van der Waals surface area contributed by atoms with E-state index in [9.17, 15) is 4.79 Å². The van der Waals surface area contributed by atoms with Crippen LogP contribution in [0.2, 0.25) is 0 Å². The largest absolute Gasteiger partial charge is 0.376 e. The highest BCUT2D eigenvalue weighted by Gasteiger charge is 2.25. The van der Waals surface area contributed by atoms with E-state index in [-0.39, 0.29) is 17.8 Å². The molecule has 2 saturated heterocycles. The van der Waals surface area contributed by atoms with Crippen LogP contribution in [-0.2, 0) is 16.1 Å². The van der Waals surface area contributed by atoms with Gasteiger partial charge in [-0.25, -0.2) is 0 Å². The summed E-state index contributed by atoms with van der Waals surface area (Å²) in [5.74, 6) is 1.01. The first-order valence-corrected chi connectivity index (χ1v) is 10.9. The second-order valence-corrected chi connectivity index (χ2v) is 8.19. The van der Waals surface area contributed by atoms with Gasteiger partial charge in [0.25, 0.3) is 0 Å². The van der Waals surface area contributed by atoms with Crippen LogP contribution in [0.5, 0.6) is 0 Å². The number of hydrogen-bond acceptors (Lipinski definition) is 7. The average Bonchev–Trinajstić information content (AvgIpc) is 3.50. The molecule has 1 aromatic heterocycles. The van der Waals surface area contributed by atoms with Crippen LogP contribution in [0.25, 0.3) is 0 Å². The van der Waals surface area contributed by atoms with Gasteiger partial charge in [-0.2, -0.15) is 5.26 Å². The number of ether oxygens (including phenoxy) is 1. The smallest absolute Gasteiger partial charge is 0.234 e. The number of rotatable bonds is 7. The van der Waals surface area contributed by atoms with Gasteiger partial charge in [0, 0.05) is 25.4 Å². The Morgan fingerprint density at radius 3 is 2.72 bits per heavy atom. The van der Waals surface area contributed by atoms with Gasteiger partial charge < -0.3 is 15.0 Å². The first-order chi connectivity index (χ1) is 14.2. The zero-order chi connectivity index (χ0) is 20.1. The fourth-order valence-corrected chi connectivity index (χ4v) is 4.39. The zero-order valence-electron chi connectivity index (χ0n) is 16.2. The van der Waals surface area contributed by atoms with Crippen molar-refractivity contribution in [1.29, 1.82) is 5.26 Å². The summed E-state index contributed by atoms with van der Waals surface area (Å²) in [6, 6.07) is 8.89. The van der Waals surface area contributed by atoms with Gasteiger partial charge in [0.05, 0.1) is 30.0 Å². The molecule has 29 heavy (non-hydrogen) atoms. The Labute approximate surface area is 174 Å². The molecule has 4 rings (SSSR count). The second kappa shape index (κ2) is 9.29. The van der Waals surface area contributed by atoms with E-state index in [2.05, 4.69) is 31.1 Å². The Balaban J connectivity index is 1.41. The second-order valence-electron chi connectivity index (χ2n) is 7.25. The summed E-state index contributed by atoms with van der Waals surface area (Å²) < 4.78 is 7.93. The van der Waals surface area contributed by atoms with E-state index in [1.165, 1.54) is 24.6 Å². The van der Waals surface area contributed by atoms with Crippen LogP contribution in [-0.4, -0.2) is 52.2 Å². The number of amides is 1. The molecular formula is C20H24N6O2S. The lowest BCUT2D eigenvalue weighted by Gasteiger charge is -2.20. The number of aromatic nitrogens is 3. The number of carbonyl (C=O) groups excluding carboxylic acids is 1. The van der Waals surface area contributed by atoms with Crippen molar-refractivity contribution < 1.29 is 9.53 Å². The Morgan fingerprint density at radius 2 is 2.03 bits per heavy atom. The third kappa shape index (κ3) is 4.89. The van der Waals surface area contributed by atoms with Gasteiger partial charge in [-0.05, 0) is 49.9 Å². The molecule has 0 saturated carbocycles. The predicted molar refractivity (Wildman–Crippen MR) is 111 cm³/mol. The number of nitrogens with one attached hydrogen (secondary N) is 1. The summed E-state index contributed by atoms with van der Waals surface area (Å²) in [7, 11) is 0. The van der Waals surface area contributed by atoms with Gasteiger partial charge in [-0.15, -0.1) is 10.2 Å². The molecule has 1 aromatic carbocycles. The van der Waals surface area contributed by atoms with Crippen molar-refractivity contribution in [3.63, 3.8) is 0 Å². The molecule has 0 bridgehead atoms. The highest BCUT2D eigenvalue weighted by molar-refractivity contribution is 7.99. The van der Waals surface area contributed by atoms with Crippen molar-refractivity contribution in [2.24, 2.45) is 0 Å². The number of benzene rings is 1. The molecule has 1 atom stereocenters. The van der Waals surface area contributed by atoms with Crippen molar-refractivity contribution in [3.05, 3.63) is 29.8 Å². The van der Waals surface area contributed by atoms with Gasteiger partial charge in [0.2, 0.25) is 11.9 Å². The molecule has 2 aliphatic rings. The average molecular weight is 413 g/mol. The van der Waals surface area contributed by atoms with Gasteiger partial charge in [-0.3, -0.25) is 9.36 Å². The molecular weight excluding hydrogens is 388 g/mol. The topological polar surface area (TPSA) is 96.1 Å². The van der Waals surface area contributed by atoms with Crippen molar-refractivity contribution in [2.75, 3.05) is 35.7 Å². The molecule has 9 heteroatoms. The van der Waals surface area contributed by atoms with E-state index < -0.39 is 0 Å². The summed E-state index contributed by atoms with van der Waals surface area (Å²) in [4.78, 5) is 14.6. The first-order valence-electron chi connectivity index (χ1n) is 9.95. The normalized spacial score (nSPS) is 18.7. The maximum atomic E-state index is 12.4. The molecule has 0 aliphatic carbocycles. The minimum atomic E-state index is -0.117. The molecule has 0 radical (unpaired) electrons. The maximum Gasteiger partial charge on any atom is 0.234 e. The van der Waals surface area contributed by atoms with Gasteiger partial charge in [0.1, 0.15) is 0 Å². The van der Waals surface area contributed by atoms with Crippen molar-refractivity contribution in [1.82, 2.24) is 14.8 Å². The fourth-order valence-electron chi connectivity index (χ4n) is 3.65. The minimum Gasteiger partial charge on any atom is -0.376 e. The highest BCUT2D eigenvalue weighted by atomic mass is 32.2. The number of carbonyl (C=O) groups is 1. The maximum absolute atomic E-state index is 12.4. The Bertz CT molecular complexity index is 879. The number of nitrogens with zero attached hydrogens (tertiary/aromatic N) is 5. The van der Waals surface area contributed by atoms with Crippen molar-refractivity contribution >= 4 is 29.3 Å². The molecule has 2 aromatic rings. The molecule has 8 nitrogen and oxygen atoms in total. The van der Waals surface area contributed by atoms with E-state index in [4.69, 9.17) is 10.00 Å². The molecule has 1 N–H and O–H groups in total. The number of thioether (sulfide) groups is 1. The van der Waals surface area contributed by atoms with Crippen LogP contribution in [0, 0.1) is 11.3 Å². The van der Waals surface area contributed by atoms with Crippen LogP contribution >= 0.6 is 11.8 Å². The van der Waals surface area contributed by atoms with Crippen LogP contribution in [0.4, 0.5) is 11.6 Å². The van der Waals surface area contributed by atoms with E-state index in [0.29, 0.717) is 11.3 Å². The summed E-state index contributed by atoms with van der Waals surface area (Å²) in [5.41, 5.74) is 1.24. The first kappa shape index (κ1) is 19.7. The SMILES string of the molecule is N#Cc1ccc(NC(=O)CSc2nnc(N3CCCC3)n2CC2CCCO2)cc1. The predicted octanol–water partition coefficient (Wildman–Crippen LogP) is 2.66. The van der Waals surface area contributed by atoms with E-state index in [0.717, 1.165) is 50.2 Å². The van der Waals surface area contributed by atoms with Crippen molar-refractivity contribution in [3.8, 4) is 6.07 Å². The summed E-state index contributed by atoms with van der Waals surface area (Å²) in [5, 5.41) is 21.3. The van der Waals surface area contributed by atoms with Crippen LogP contribution in [0.15, 0.2) is 29.4 Å². The van der Waals surface area contributed by atoms with Gasteiger partial charge in [0.15, 0.2) is 5.16 Å². The molecule has 1 unspecified atom stereocenters. The molecule has 1 amide bonds. The Kier molecular flexibility index (Phi) is 6.32. The van der Waals surface area contributed by atoms with E-state index in [1.807, 2.05) is 0 Å². The van der Waals surface area contributed by atoms with Gasteiger partial charge >= 0.3 is 0 Å². The molecule has 3 heterocycles. The third-order valence-electron chi connectivity index (χ3n) is 5.13. The zero-order valence-corrected chi connectivity index (χ0v) is 17.0.